The van der Waals surface area contributed by atoms with Gasteiger partial charge in [-0.3, -0.25) is 4.79 Å². The van der Waals surface area contributed by atoms with Gasteiger partial charge in [-0.25, -0.2) is 0 Å². The molecule has 0 aliphatic heterocycles. The van der Waals surface area contributed by atoms with E-state index in [2.05, 4.69) is 10.1 Å². The quantitative estimate of drug-likeness (QED) is 0.501. The first kappa shape index (κ1) is 18.3. The molecule has 18 heavy (non-hydrogen) atoms. The van der Waals surface area contributed by atoms with Gasteiger partial charge in [-0.2, -0.15) is 0 Å². The smallest absolute Gasteiger partial charge is 0.547 e. The van der Waals surface area contributed by atoms with Crippen molar-refractivity contribution in [3.63, 3.8) is 0 Å². The summed E-state index contributed by atoms with van der Waals surface area (Å²) in [4.78, 5) is 22.0. The van der Waals surface area contributed by atoms with Crippen molar-refractivity contribution in [2.75, 3.05) is 12.4 Å². The zero-order valence-corrected chi connectivity index (χ0v) is 14.3. The van der Waals surface area contributed by atoms with E-state index >= 15 is 0 Å². The Morgan fingerprint density at radius 1 is 1.28 bits per heavy atom. The first-order chi connectivity index (χ1) is 7.93. The number of hydrogen-bond acceptors (Lipinski definition) is 4. The molecule has 0 heterocycles. The number of methoxy groups -OCH3 is 1. The monoisotopic (exact) mass is 315 g/mol. The summed E-state index contributed by atoms with van der Waals surface area (Å²) in [7, 11) is 1.09. The van der Waals surface area contributed by atoms with Gasteiger partial charge >= 0.3 is 51.4 Å². The molecule has 0 saturated heterocycles. The van der Waals surface area contributed by atoms with Crippen LogP contribution < -0.4 is 61.8 Å². The summed E-state index contributed by atoms with van der Waals surface area (Å²) in [6.07, 6.45) is -1.69. The van der Waals surface area contributed by atoms with E-state index in [0.717, 1.165) is 7.11 Å². The Labute approximate surface area is 156 Å². The van der Waals surface area contributed by atoms with Gasteiger partial charge in [0.15, 0.2) is 6.10 Å². The first-order valence-corrected chi connectivity index (χ1v) is 5.20. The molecule has 5 nitrogen and oxygen atoms in total. The third kappa shape index (κ3) is 5.54. The Morgan fingerprint density at radius 2 is 1.78 bits per heavy atom. The summed E-state index contributed by atoms with van der Waals surface area (Å²) < 4.78 is 4.47. The van der Waals surface area contributed by atoms with Crippen molar-refractivity contribution < 1.29 is 70.8 Å². The fraction of sp³-hybridized carbons (Fsp3) is 0.200. The van der Waals surface area contributed by atoms with Gasteiger partial charge in [0.2, 0.25) is 0 Å². The van der Waals surface area contributed by atoms with Crippen LogP contribution in [0.15, 0.2) is 18.2 Å². The number of hydrogen-bond donors (Lipinski definition) is 1. The van der Waals surface area contributed by atoms with Crippen LogP contribution >= 0.6 is 23.2 Å². The molecule has 1 rings (SSSR count). The standard InChI is InChI=1S/C10H9Cl2NO4.K/c1-17-8(10(15)16)9(14)13-7-3-5(11)2-6(12)4-7;/h2-4,8H,1H3,(H,13,14)(H,15,16);/q;+1/p-1. The van der Waals surface area contributed by atoms with Crippen LogP contribution in [-0.4, -0.2) is 25.1 Å². The largest absolute Gasteiger partial charge is 1.00 e. The number of ether oxygens (including phenoxy) is 1. The number of benzene rings is 1. The molecular formula is C10H8Cl2KNO4. The molecule has 0 aliphatic rings. The number of carboxylic acids is 1. The molecule has 0 saturated carbocycles. The average molecular weight is 316 g/mol. The van der Waals surface area contributed by atoms with E-state index in [1.54, 1.807) is 0 Å². The van der Waals surface area contributed by atoms with Gasteiger partial charge in [0, 0.05) is 22.8 Å². The van der Waals surface area contributed by atoms with E-state index in [0.29, 0.717) is 10.0 Å². The molecule has 1 aromatic carbocycles. The second kappa shape index (κ2) is 8.50. The first-order valence-electron chi connectivity index (χ1n) is 4.44. The van der Waals surface area contributed by atoms with Crippen LogP contribution in [0.1, 0.15) is 0 Å². The molecule has 0 aromatic heterocycles. The minimum Gasteiger partial charge on any atom is -0.547 e. The third-order valence-electron chi connectivity index (χ3n) is 1.82. The number of amides is 1. The van der Waals surface area contributed by atoms with Crippen molar-refractivity contribution >= 4 is 40.8 Å². The number of carboxylic acid groups (broad SMARTS) is 1. The Bertz CT molecular complexity index is 435. The van der Waals surface area contributed by atoms with Gasteiger partial charge in [0.25, 0.3) is 5.91 Å². The fourth-order valence-corrected chi connectivity index (χ4v) is 1.67. The Morgan fingerprint density at radius 3 is 2.17 bits per heavy atom. The van der Waals surface area contributed by atoms with Crippen LogP contribution in [0, 0.1) is 0 Å². The number of nitrogens with one attached hydrogen (secondary N) is 1. The second-order valence-corrected chi connectivity index (χ2v) is 3.96. The molecule has 1 amide bonds. The van der Waals surface area contributed by atoms with Crippen molar-refractivity contribution in [1.29, 1.82) is 0 Å². The predicted molar refractivity (Wildman–Crippen MR) is 60.9 cm³/mol. The summed E-state index contributed by atoms with van der Waals surface area (Å²) in [6, 6.07) is 4.33. The molecule has 1 atom stereocenters. The summed E-state index contributed by atoms with van der Waals surface area (Å²) in [5.74, 6) is -2.50. The second-order valence-electron chi connectivity index (χ2n) is 3.08. The van der Waals surface area contributed by atoms with Crippen LogP contribution in [0.3, 0.4) is 0 Å². The van der Waals surface area contributed by atoms with Crippen molar-refractivity contribution in [2.45, 2.75) is 6.10 Å². The molecule has 0 fully saturated rings. The van der Waals surface area contributed by atoms with Crippen molar-refractivity contribution in [1.82, 2.24) is 0 Å². The van der Waals surface area contributed by atoms with Gasteiger partial charge in [-0.05, 0) is 18.2 Å². The van der Waals surface area contributed by atoms with E-state index in [-0.39, 0.29) is 57.1 Å². The van der Waals surface area contributed by atoms with Gasteiger partial charge in [-0.15, -0.1) is 0 Å². The summed E-state index contributed by atoms with van der Waals surface area (Å²) in [5.41, 5.74) is 0.274. The Kier molecular flexibility index (Phi) is 8.65. The number of halogens is 2. The average Bonchev–Trinajstić information content (AvgIpc) is 2.15. The Hall–Kier alpha value is 0.336. The van der Waals surface area contributed by atoms with Gasteiger partial charge in [0.05, 0.1) is 5.97 Å². The topological polar surface area (TPSA) is 78.5 Å². The molecule has 1 aromatic rings. The van der Waals surface area contributed by atoms with Gasteiger partial charge in [0.1, 0.15) is 0 Å². The molecule has 8 heteroatoms. The van der Waals surface area contributed by atoms with Crippen LogP contribution in [0.5, 0.6) is 0 Å². The third-order valence-corrected chi connectivity index (χ3v) is 2.25. The number of aliphatic carboxylic acids is 1. The van der Waals surface area contributed by atoms with Crippen LogP contribution in [0.25, 0.3) is 0 Å². The van der Waals surface area contributed by atoms with Crippen LogP contribution in [0.4, 0.5) is 5.69 Å². The number of rotatable bonds is 4. The number of carbonyl (C=O) groups is 2. The molecule has 1 unspecified atom stereocenters. The molecule has 0 spiro atoms. The van der Waals surface area contributed by atoms with E-state index in [1.807, 2.05) is 0 Å². The van der Waals surface area contributed by atoms with E-state index in [4.69, 9.17) is 23.2 Å². The molecule has 0 aliphatic carbocycles. The van der Waals surface area contributed by atoms with Crippen molar-refractivity contribution in [2.24, 2.45) is 0 Å². The van der Waals surface area contributed by atoms with Crippen molar-refractivity contribution in [3.8, 4) is 0 Å². The number of carbonyl (C=O) groups excluding carboxylic acids is 2. The zero-order valence-electron chi connectivity index (χ0n) is 9.70. The minimum absolute atomic E-state index is 0. The predicted octanol–water partition coefficient (Wildman–Crippen LogP) is -2.30. The maximum Gasteiger partial charge on any atom is 1.00 e. The summed E-state index contributed by atoms with van der Waals surface area (Å²) >= 11 is 11.4. The normalized spacial score (nSPS) is 11.3. The Balaban J connectivity index is 0.00000289. The maximum absolute atomic E-state index is 11.5. The van der Waals surface area contributed by atoms with E-state index < -0.39 is 18.0 Å². The summed E-state index contributed by atoms with van der Waals surface area (Å²) in [6.45, 7) is 0. The fourth-order valence-electron chi connectivity index (χ4n) is 1.14. The van der Waals surface area contributed by atoms with Gasteiger partial charge < -0.3 is 20.0 Å². The minimum atomic E-state index is -1.69. The molecule has 0 radical (unpaired) electrons. The van der Waals surface area contributed by atoms with Crippen LogP contribution in [0.2, 0.25) is 10.0 Å². The van der Waals surface area contributed by atoms with Gasteiger partial charge in [-0.1, -0.05) is 23.2 Å². The SMILES string of the molecule is COC(C(=O)[O-])C(=O)Nc1cc(Cl)cc(Cl)c1.[K+]. The molecule has 0 bridgehead atoms. The van der Waals surface area contributed by atoms with E-state index in [9.17, 15) is 14.7 Å². The van der Waals surface area contributed by atoms with E-state index in [1.165, 1.54) is 18.2 Å². The summed E-state index contributed by atoms with van der Waals surface area (Å²) in [5, 5.41) is 13.5. The molecule has 1 N–H and O–H groups in total. The zero-order chi connectivity index (χ0) is 13.0. The molecular weight excluding hydrogens is 308 g/mol. The number of anilines is 1. The molecule has 92 valence electrons. The van der Waals surface area contributed by atoms with Crippen molar-refractivity contribution in [3.05, 3.63) is 28.2 Å². The maximum atomic E-state index is 11.5. The van der Waals surface area contributed by atoms with Crippen LogP contribution in [-0.2, 0) is 14.3 Å².